The molecule has 8 heteroatoms. The van der Waals surface area contributed by atoms with Crippen molar-refractivity contribution in [2.45, 2.75) is 6.54 Å². The summed E-state index contributed by atoms with van der Waals surface area (Å²) in [4.78, 5) is 0. The molecule has 0 bridgehead atoms. The van der Waals surface area contributed by atoms with Gasteiger partial charge in [0.2, 0.25) is 13.6 Å². The number of ether oxygens (including phenoxy) is 4. The molecule has 0 atom stereocenters. The van der Waals surface area contributed by atoms with E-state index in [0.717, 1.165) is 50.5 Å². The van der Waals surface area contributed by atoms with Crippen molar-refractivity contribution in [1.82, 2.24) is 14.8 Å². The number of rotatable bonds is 3. The summed E-state index contributed by atoms with van der Waals surface area (Å²) in [6, 6.07) is 17.7. The number of nitrogens with zero attached hydrogens (tertiary/aromatic N) is 3. The molecule has 162 valence electrons. The van der Waals surface area contributed by atoms with E-state index < -0.39 is 0 Å². The van der Waals surface area contributed by atoms with Gasteiger partial charge < -0.3 is 23.5 Å². The van der Waals surface area contributed by atoms with E-state index in [1.165, 1.54) is 0 Å². The van der Waals surface area contributed by atoms with E-state index in [2.05, 4.69) is 21.0 Å². The van der Waals surface area contributed by atoms with E-state index in [9.17, 15) is 0 Å². The fraction of sp³-hybridized carbons (Fsp3) is 0.120. The summed E-state index contributed by atoms with van der Waals surface area (Å²) in [7, 11) is 0. The summed E-state index contributed by atoms with van der Waals surface area (Å²) in [5, 5.41) is 10.8. The largest absolute Gasteiger partial charge is 0.454 e. The second-order valence-electron chi connectivity index (χ2n) is 7.99. The Bertz CT molecular complexity index is 1510. The van der Waals surface area contributed by atoms with Crippen LogP contribution in [0.3, 0.4) is 0 Å². The van der Waals surface area contributed by atoms with Gasteiger partial charge in [-0.05, 0) is 42.0 Å². The minimum Gasteiger partial charge on any atom is -0.454 e. The van der Waals surface area contributed by atoms with Crippen LogP contribution in [0.25, 0.3) is 33.4 Å². The lowest BCUT2D eigenvalue weighted by Gasteiger charge is -2.16. The molecule has 0 amide bonds. The lowest BCUT2D eigenvalue weighted by Crippen LogP contribution is -2.04. The predicted octanol–water partition coefficient (Wildman–Crippen LogP) is 5.36. The standard InChI is InChI=1S/C25H16ClN3O4/c26-16-4-1-14(2-5-16)10-29-11-18-24(15-3-6-20-21(7-15)31-12-30-20)27-28-25(18)17-8-22-23(9-19(17)29)33-13-32-22/h1-9,11H,10,12-13H2. The minimum atomic E-state index is 0.209. The van der Waals surface area contributed by atoms with Crippen LogP contribution in [0.2, 0.25) is 5.02 Å². The Morgan fingerprint density at radius 1 is 0.758 bits per heavy atom. The Morgan fingerprint density at radius 3 is 2.27 bits per heavy atom. The predicted molar refractivity (Wildman–Crippen MR) is 122 cm³/mol. The van der Waals surface area contributed by atoms with E-state index in [-0.39, 0.29) is 13.6 Å². The second kappa shape index (κ2) is 7.02. The quantitative estimate of drug-likeness (QED) is 0.363. The van der Waals surface area contributed by atoms with Crippen LogP contribution >= 0.6 is 11.6 Å². The van der Waals surface area contributed by atoms with Gasteiger partial charge in [-0.1, -0.05) is 23.7 Å². The Kier molecular flexibility index (Phi) is 3.95. The lowest BCUT2D eigenvalue weighted by atomic mass is 10.0. The maximum Gasteiger partial charge on any atom is 0.231 e. The molecule has 7 nitrogen and oxygen atoms in total. The Labute approximate surface area is 193 Å². The number of hydrogen-bond donors (Lipinski definition) is 0. The van der Waals surface area contributed by atoms with Crippen molar-refractivity contribution >= 4 is 22.5 Å². The van der Waals surface area contributed by atoms with Gasteiger partial charge in [0.15, 0.2) is 23.0 Å². The maximum atomic E-state index is 6.09. The summed E-state index contributed by atoms with van der Waals surface area (Å²) >= 11 is 6.09. The summed E-state index contributed by atoms with van der Waals surface area (Å²) in [6.07, 6.45) is 2.09. The molecule has 0 saturated carbocycles. The highest BCUT2D eigenvalue weighted by Crippen LogP contribution is 2.44. The van der Waals surface area contributed by atoms with Gasteiger partial charge in [0.05, 0.1) is 5.52 Å². The van der Waals surface area contributed by atoms with Crippen LogP contribution in [0, 0.1) is 0 Å². The van der Waals surface area contributed by atoms with Gasteiger partial charge in [0.25, 0.3) is 0 Å². The van der Waals surface area contributed by atoms with Crippen molar-refractivity contribution in [1.29, 1.82) is 0 Å². The average molecular weight is 458 g/mol. The number of fused-ring (bicyclic) bond motifs is 5. The Morgan fingerprint density at radius 2 is 1.45 bits per heavy atom. The van der Waals surface area contributed by atoms with E-state index in [1.54, 1.807) is 0 Å². The average Bonchev–Trinajstić information content (AvgIpc) is 3.58. The van der Waals surface area contributed by atoms with Crippen LogP contribution in [0.1, 0.15) is 5.56 Å². The fourth-order valence-corrected chi connectivity index (χ4v) is 4.53. The Hall–Kier alpha value is -3.97. The molecule has 0 unspecified atom stereocenters. The van der Waals surface area contributed by atoms with Crippen molar-refractivity contribution < 1.29 is 18.9 Å². The lowest BCUT2D eigenvalue weighted by molar-refractivity contribution is 0.173. The van der Waals surface area contributed by atoms with Crippen molar-refractivity contribution in [2.75, 3.05) is 13.6 Å². The number of pyridine rings is 1. The maximum absolute atomic E-state index is 6.09. The normalized spacial score (nSPS) is 13.8. The smallest absolute Gasteiger partial charge is 0.231 e. The van der Waals surface area contributed by atoms with Crippen molar-refractivity contribution in [3.63, 3.8) is 0 Å². The summed E-state index contributed by atoms with van der Waals surface area (Å²) in [6.45, 7) is 1.08. The number of benzene rings is 3. The monoisotopic (exact) mass is 457 g/mol. The molecule has 4 aliphatic heterocycles. The third-order valence-corrected chi connectivity index (χ3v) is 6.26. The van der Waals surface area contributed by atoms with Crippen LogP contribution in [0.5, 0.6) is 23.0 Å². The topological polar surface area (TPSA) is 67.6 Å². The zero-order valence-corrected chi connectivity index (χ0v) is 18.0. The number of aromatic nitrogens is 3. The molecule has 33 heavy (non-hydrogen) atoms. The number of hydrogen-bond acceptors (Lipinski definition) is 6. The molecule has 7 rings (SSSR count). The molecule has 0 aromatic heterocycles. The van der Waals surface area contributed by atoms with Crippen molar-refractivity contribution in [3.8, 4) is 45.5 Å². The molecule has 0 radical (unpaired) electrons. The molecular weight excluding hydrogens is 442 g/mol. The fourth-order valence-electron chi connectivity index (χ4n) is 4.40. The van der Waals surface area contributed by atoms with Crippen LogP contribution in [-0.4, -0.2) is 28.4 Å². The van der Waals surface area contributed by atoms with E-state index in [1.807, 2.05) is 54.6 Å². The van der Waals surface area contributed by atoms with Crippen LogP contribution in [0.15, 0.2) is 60.8 Å². The van der Waals surface area contributed by atoms with Gasteiger partial charge >= 0.3 is 0 Å². The molecule has 0 saturated heterocycles. The van der Waals surface area contributed by atoms with E-state index in [4.69, 9.17) is 30.5 Å². The first-order chi connectivity index (χ1) is 16.2. The molecule has 4 heterocycles. The van der Waals surface area contributed by atoms with Crippen LogP contribution in [0.4, 0.5) is 0 Å². The van der Waals surface area contributed by atoms with Crippen LogP contribution < -0.4 is 18.9 Å². The van der Waals surface area contributed by atoms with Gasteiger partial charge in [-0.25, -0.2) is 0 Å². The molecular formula is C25H16ClN3O4. The van der Waals surface area contributed by atoms with E-state index >= 15 is 0 Å². The molecule has 0 aliphatic carbocycles. The zero-order valence-electron chi connectivity index (χ0n) is 17.2. The molecule has 0 spiro atoms. The first kappa shape index (κ1) is 18.6. The summed E-state index contributed by atoms with van der Waals surface area (Å²) in [5.74, 6) is 2.88. The summed E-state index contributed by atoms with van der Waals surface area (Å²) in [5.41, 5.74) is 5.56. The zero-order chi connectivity index (χ0) is 21.9. The molecule has 3 aromatic rings. The minimum absolute atomic E-state index is 0.209. The Balaban J connectivity index is 1.44. The first-order valence-electron chi connectivity index (χ1n) is 10.5. The highest BCUT2D eigenvalue weighted by molar-refractivity contribution is 6.30. The first-order valence-corrected chi connectivity index (χ1v) is 10.8. The van der Waals surface area contributed by atoms with Crippen LogP contribution in [-0.2, 0) is 6.54 Å². The second-order valence-corrected chi connectivity index (χ2v) is 8.42. The van der Waals surface area contributed by atoms with Gasteiger partial charge in [-0.2, -0.15) is 0 Å². The van der Waals surface area contributed by atoms with Crippen molar-refractivity contribution in [3.05, 3.63) is 71.4 Å². The molecule has 4 aliphatic rings. The summed E-state index contributed by atoms with van der Waals surface area (Å²) < 4.78 is 24.5. The van der Waals surface area contributed by atoms with E-state index in [0.29, 0.717) is 23.1 Å². The van der Waals surface area contributed by atoms with Gasteiger partial charge in [0, 0.05) is 40.3 Å². The highest BCUT2D eigenvalue weighted by Gasteiger charge is 2.25. The third-order valence-electron chi connectivity index (χ3n) is 6.01. The van der Waals surface area contributed by atoms with Crippen molar-refractivity contribution in [2.24, 2.45) is 0 Å². The number of halogens is 1. The highest BCUT2D eigenvalue weighted by atomic mass is 35.5. The molecule has 3 aromatic carbocycles. The van der Waals surface area contributed by atoms with Gasteiger partial charge in [0.1, 0.15) is 11.4 Å². The molecule has 0 N–H and O–H groups in total. The molecule has 0 fully saturated rings. The van der Waals surface area contributed by atoms with Gasteiger partial charge in [-0.3, -0.25) is 0 Å². The third kappa shape index (κ3) is 2.97. The SMILES string of the molecule is Clc1ccc(Cn2cc3c(-c4ccc5c(c4)OCO5)nnc-3c3cc4c(cc32)OCO4)cc1. The van der Waals surface area contributed by atoms with Gasteiger partial charge in [-0.15, -0.1) is 10.2 Å².